The van der Waals surface area contributed by atoms with Crippen LogP contribution in [0.4, 0.5) is 5.69 Å². The van der Waals surface area contributed by atoms with E-state index in [0.717, 1.165) is 37.4 Å². The van der Waals surface area contributed by atoms with Crippen LogP contribution in [0.2, 0.25) is 0 Å². The fourth-order valence-corrected chi connectivity index (χ4v) is 1.97. The highest BCUT2D eigenvalue weighted by Gasteiger charge is 2.18. The van der Waals surface area contributed by atoms with Crippen LogP contribution in [0.15, 0.2) is 24.3 Å². The van der Waals surface area contributed by atoms with E-state index >= 15 is 0 Å². The number of rotatable bonds is 1. The van der Waals surface area contributed by atoms with E-state index in [4.69, 9.17) is 5.26 Å². The Balaban J connectivity index is 2.19. The van der Waals surface area contributed by atoms with Gasteiger partial charge < -0.3 is 9.80 Å². The van der Waals surface area contributed by atoms with Crippen molar-refractivity contribution in [3.8, 4) is 6.07 Å². The molecule has 0 spiro atoms. The molecule has 1 heterocycles. The summed E-state index contributed by atoms with van der Waals surface area (Å²) in [7, 11) is 2.22. The summed E-state index contributed by atoms with van der Waals surface area (Å²) < 4.78 is 0. The number of hydrogen-bond donors (Lipinski definition) is 1. The third kappa shape index (κ3) is 2.11. The predicted molar refractivity (Wildman–Crippen MR) is 60.0 cm³/mol. The zero-order chi connectivity index (χ0) is 10.7. The Morgan fingerprint density at radius 2 is 1.93 bits per heavy atom. The lowest BCUT2D eigenvalue weighted by atomic mass is 10.1. The molecule has 78 valence electrons. The summed E-state index contributed by atoms with van der Waals surface area (Å²) >= 11 is 0. The first-order valence-corrected chi connectivity index (χ1v) is 5.36. The molecule has 1 saturated heterocycles. The molecule has 1 N–H and O–H groups in total. The largest absolute Gasteiger partial charge is 0.359 e. The third-order valence-corrected chi connectivity index (χ3v) is 2.98. The van der Waals surface area contributed by atoms with E-state index in [0.29, 0.717) is 0 Å². The maximum atomic E-state index is 9.02. The Bertz CT molecular complexity index is 373. The molecule has 15 heavy (non-hydrogen) atoms. The van der Waals surface area contributed by atoms with Gasteiger partial charge in [-0.25, -0.2) is 0 Å². The average Bonchev–Trinajstić information content (AvgIpc) is 2.30. The van der Waals surface area contributed by atoms with Crippen LogP contribution in [0.3, 0.4) is 0 Å². The molecule has 0 bridgehead atoms. The van der Waals surface area contributed by atoms with Crippen LogP contribution in [0.5, 0.6) is 0 Å². The topological polar surface area (TPSA) is 31.5 Å². The van der Waals surface area contributed by atoms with Crippen LogP contribution in [0.1, 0.15) is 5.56 Å². The van der Waals surface area contributed by atoms with Gasteiger partial charge in [-0.15, -0.1) is 0 Å². The number of likely N-dealkylation sites (N-methyl/N-ethyl adjacent to an activating group) is 1. The molecule has 1 fully saturated rings. The normalized spacial score (nSPS) is 17.5. The zero-order valence-electron chi connectivity index (χ0n) is 9.03. The van der Waals surface area contributed by atoms with Crippen LogP contribution in [-0.4, -0.2) is 33.2 Å². The minimum Gasteiger partial charge on any atom is -0.359 e. The van der Waals surface area contributed by atoms with Gasteiger partial charge in [-0.05, 0) is 12.1 Å². The number of hydrogen-bond acceptors (Lipinski definition) is 2. The van der Waals surface area contributed by atoms with Gasteiger partial charge in [0.25, 0.3) is 0 Å². The maximum Gasteiger partial charge on any atom is 0.101 e. The van der Waals surface area contributed by atoms with Gasteiger partial charge in [-0.1, -0.05) is 12.1 Å². The molecular formula is C12H16N3+. The zero-order valence-corrected chi connectivity index (χ0v) is 9.03. The van der Waals surface area contributed by atoms with E-state index < -0.39 is 0 Å². The molecular weight excluding hydrogens is 186 g/mol. The highest BCUT2D eigenvalue weighted by atomic mass is 15.2. The molecule has 0 saturated carbocycles. The van der Waals surface area contributed by atoms with Crippen LogP contribution < -0.4 is 9.80 Å². The number of nitrogens with one attached hydrogen (secondary N) is 1. The summed E-state index contributed by atoms with van der Waals surface area (Å²) in [4.78, 5) is 3.88. The van der Waals surface area contributed by atoms with E-state index in [-0.39, 0.29) is 0 Å². The van der Waals surface area contributed by atoms with Crippen molar-refractivity contribution in [2.45, 2.75) is 0 Å². The summed E-state index contributed by atoms with van der Waals surface area (Å²) in [5, 5.41) is 9.02. The SMILES string of the molecule is C[NH+]1CCN(c2ccccc2C#N)CC1. The lowest BCUT2D eigenvalue weighted by Gasteiger charge is -2.32. The predicted octanol–water partition coefficient (Wildman–Crippen LogP) is -0.107. The second-order valence-corrected chi connectivity index (χ2v) is 4.07. The highest BCUT2D eigenvalue weighted by molar-refractivity contribution is 5.59. The Labute approximate surface area is 90.5 Å². The second kappa shape index (κ2) is 4.33. The summed E-state index contributed by atoms with van der Waals surface area (Å²) in [5.74, 6) is 0. The Morgan fingerprint density at radius 1 is 1.27 bits per heavy atom. The molecule has 3 heteroatoms. The molecule has 1 aliphatic heterocycles. The van der Waals surface area contributed by atoms with Gasteiger partial charge in [0.1, 0.15) is 6.07 Å². The van der Waals surface area contributed by atoms with Crippen molar-refractivity contribution in [2.75, 3.05) is 38.1 Å². The van der Waals surface area contributed by atoms with Gasteiger partial charge in [0.15, 0.2) is 0 Å². The third-order valence-electron chi connectivity index (χ3n) is 2.98. The molecule has 0 unspecified atom stereocenters. The lowest BCUT2D eigenvalue weighted by Crippen LogP contribution is -3.12. The van der Waals surface area contributed by atoms with Crippen LogP contribution in [-0.2, 0) is 0 Å². The minimum atomic E-state index is 0.789. The van der Waals surface area contributed by atoms with E-state index in [1.54, 1.807) is 4.90 Å². The maximum absolute atomic E-state index is 9.02. The van der Waals surface area contributed by atoms with E-state index in [2.05, 4.69) is 18.0 Å². The van der Waals surface area contributed by atoms with Crippen molar-refractivity contribution in [3.63, 3.8) is 0 Å². The summed E-state index contributed by atoms with van der Waals surface area (Å²) in [6.45, 7) is 4.40. The number of benzene rings is 1. The molecule has 0 amide bonds. The van der Waals surface area contributed by atoms with Gasteiger partial charge in [-0.2, -0.15) is 5.26 Å². The molecule has 0 aliphatic carbocycles. The highest BCUT2D eigenvalue weighted by Crippen LogP contribution is 2.18. The van der Waals surface area contributed by atoms with E-state index in [1.807, 2.05) is 24.3 Å². The number of piperazine rings is 1. The lowest BCUT2D eigenvalue weighted by molar-refractivity contribution is -0.880. The summed E-state index contributed by atoms with van der Waals surface area (Å²) in [5.41, 5.74) is 1.88. The van der Waals surface area contributed by atoms with Gasteiger partial charge >= 0.3 is 0 Å². The average molecular weight is 202 g/mol. The van der Waals surface area contributed by atoms with Crippen molar-refractivity contribution < 1.29 is 4.90 Å². The smallest absolute Gasteiger partial charge is 0.101 e. The fourth-order valence-electron chi connectivity index (χ4n) is 1.97. The molecule has 3 nitrogen and oxygen atoms in total. The first-order chi connectivity index (χ1) is 7.31. The van der Waals surface area contributed by atoms with Crippen LogP contribution >= 0.6 is 0 Å². The second-order valence-electron chi connectivity index (χ2n) is 4.07. The number of quaternary nitrogens is 1. The number of anilines is 1. The first kappa shape index (κ1) is 10.0. The molecule has 2 rings (SSSR count). The van der Waals surface area contributed by atoms with Gasteiger partial charge in [0.05, 0.1) is 44.5 Å². The Hall–Kier alpha value is -1.53. The first-order valence-electron chi connectivity index (χ1n) is 5.36. The number of nitrogens with zero attached hydrogens (tertiary/aromatic N) is 2. The van der Waals surface area contributed by atoms with Gasteiger partial charge in [-0.3, -0.25) is 0 Å². The minimum absolute atomic E-state index is 0.789. The van der Waals surface area contributed by atoms with E-state index in [1.165, 1.54) is 0 Å². The number of nitriles is 1. The van der Waals surface area contributed by atoms with Crippen molar-refractivity contribution in [1.82, 2.24) is 0 Å². The van der Waals surface area contributed by atoms with Crippen molar-refractivity contribution in [1.29, 1.82) is 5.26 Å². The van der Waals surface area contributed by atoms with E-state index in [9.17, 15) is 0 Å². The molecule has 1 aliphatic rings. The van der Waals surface area contributed by atoms with Crippen molar-refractivity contribution >= 4 is 5.69 Å². The van der Waals surface area contributed by atoms with Crippen LogP contribution in [0.25, 0.3) is 0 Å². The fraction of sp³-hybridized carbons (Fsp3) is 0.417. The summed E-state index contributed by atoms with van der Waals surface area (Å²) in [6, 6.07) is 10.1. The van der Waals surface area contributed by atoms with Gasteiger partial charge in [0.2, 0.25) is 0 Å². The van der Waals surface area contributed by atoms with Crippen molar-refractivity contribution in [2.24, 2.45) is 0 Å². The monoisotopic (exact) mass is 202 g/mol. The van der Waals surface area contributed by atoms with Crippen molar-refractivity contribution in [3.05, 3.63) is 29.8 Å². The quantitative estimate of drug-likeness (QED) is 0.689. The molecule has 1 aromatic carbocycles. The molecule has 0 atom stereocenters. The molecule has 0 radical (unpaired) electrons. The van der Waals surface area contributed by atoms with Gasteiger partial charge in [0, 0.05) is 0 Å². The Morgan fingerprint density at radius 3 is 2.60 bits per heavy atom. The molecule has 0 aromatic heterocycles. The number of para-hydroxylation sites is 1. The Kier molecular flexibility index (Phi) is 2.89. The van der Waals surface area contributed by atoms with Crippen LogP contribution in [0, 0.1) is 11.3 Å². The standard InChI is InChI=1S/C12H15N3/c1-14-6-8-15(9-7-14)12-5-3-2-4-11(12)10-13/h2-5H,6-9H2,1H3/p+1. The summed E-state index contributed by atoms with van der Waals surface area (Å²) in [6.07, 6.45) is 0. The molecule has 1 aromatic rings.